The maximum atomic E-state index is 11.2. The molecule has 0 saturated carbocycles. The molecule has 6 heteroatoms. The predicted octanol–water partition coefficient (Wildman–Crippen LogP) is 2.04. The molecule has 0 spiro atoms. The van der Waals surface area contributed by atoms with E-state index in [1.807, 2.05) is 12.3 Å². The highest BCUT2D eigenvalue weighted by Gasteiger charge is 2.36. The van der Waals surface area contributed by atoms with Crippen molar-refractivity contribution in [3.05, 3.63) is 23.9 Å². The van der Waals surface area contributed by atoms with E-state index in [4.69, 9.17) is 4.74 Å². The molecule has 3 rings (SSSR count). The first kappa shape index (κ1) is 13.4. The van der Waals surface area contributed by atoms with Crippen molar-refractivity contribution in [1.82, 2.24) is 9.97 Å². The van der Waals surface area contributed by atoms with Crippen molar-refractivity contribution in [3.63, 3.8) is 0 Å². The third-order valence-corrected chi connectivity index (χ3v) is 5.23. The summed E-state index contributed by atoms with van der Waals surface area (Å²) < 4.78 is 28.3. The molecule has 2 aromatic heterocycles. The third kappa shape index (κ3) is 2.40. The van der Waals surface area contributed by atoms with E-state index in [0.717, 1.165) is 16.6 Å². The fourth-order valence-corrected chi connectivity index (χ4v) is 3.51. The molecule has 0 atom stereocenters. The Balaban J connectivity index is 1.99. The second kappa shape index (κ2) is 4.22. The molecule has 20 heavy (non-hydrogen) atoms. The van der Waals surface area contributed by atoms with Crippen LogP contribution < -0.4 is 4.74 Å². The number of hydrogen-bond acceptors (Lipinski definition) is 4. The summed E-state index contributed by atoms with van der Waals surface area (Å²) in [4.78, 5) is 7.55. The van der Waals surface area contributed by atoms with Gasteiger partial charge in [-0.25, -0.2) is 8.42 Å². The smallest absolute Gasteiger partial charge is 0.219 e. The molecule has 0 aromatic carbocycles. The van der Waals surface area contributed by atoms with Crippen LogP contribution in [0.1, 0.15) is 26.3 Å². The molecular weight excluding hydrogens is 276 g/mol. The fourth-order valence-electron chi connectivity index (χ4n) is 2.34. The van der Waals surface area contributed by atoms with Crippen molar-refractivity contribution >= 4 is 20.9 Å². The molecule has 1 aliphatic rings. The summed E-state index contributed by atoms with van der Waals surface area (Å²) in [6, 6.07) is 4.02. The van der Waals surface area contributed by atoms with Crippen LogP contribution in [-0.4, -0.2) is 36.0 Å². The molecule has 1 saturated heterocycles. The number of rotatable bonds is 2. The van der Waals surface area contributed by atoms with Gasteiger partial charge in [-0.3, -0.25) is 0 Å². The summed E-state index contributed by atoms with van der Waals surface area (Å²) in [7, 11) is -2.89. The standard InChI is InChI=1S/C14H18N2O3S/c1-14(2,3)11-6-9-4-5-15-12(9)16-13(11)19-10-7-20(17,18)8-10/h4-6,10H,7-8H2,1-3H3,(H,15,16). The summed E-state index contributed by atoms with van der Waals surface area (Å²) in [6.45, 7) is 6.27. The molecule has 2 aromatic rings. The average molecular weight is 294 g/mol. The van der Waals surface area contributed by atoms with E-state index in [1.54, 1.807) is 0 Å². The Morgan fingerprint density at radius 3 is 2.65 bits per heavy atom. The highest BCUT2D eigenvalue weighted by Crippen LogP contribution is 2.33. The van der Waals surface area contributed by atoms with Crippen molar-refractivity contribution in [2.24, 2.45) is 0 Å². The fraction of sp³-hybridized carbons (Fsp3) is 0.500. The van der Waals surface area contributed by atoms with Gasteiger partial charge in [0.1, 0.15) is 11.8 Å². The molecule has 0 aliphatic carbocycles. The maximum Gasteiger partial charge on any atom is 0.219 e. The van der Waals surface area contributed by atoms with Gasteiger partial charge in [-0.05, 0) is 17.5 Å². The number of aromatic nitrogens is 2. The zero-order chi connectivity index (χ0) is 14.5. The van der Waals surface area contributed by atoms with Crippen molar-refractivity contribution < 1.29 is 13.2 Å². The number of nitrogens with one attached hydrogen (secondary N) is 1. The van der Waals surface area contributed by atoms with E-state index >= 15 is 0 Å². The molecule has 0 amide bonds. The number of pyridine rings is 1. The predicted molar refractivity (Wildman–Crippen MR) is 77.9 cm³/mol. The first-order chi connectivity index (χ1) is 9.24. The molecule has 0 radical (unpaired) electrons. The number of ether oxygens (including phenoxy) is 1. The minimum atomic E-state index is -2.89. The molecule has 0 unspecified atom stereocenters. The zero-order valence-electron chi connectivity index (χ0n) is 11.8. The van der Waals surface area contributed by atoms with Gasteiger partial charge in [-0.2, -0.15) is 4.98 Å². The first-order valence-corrected chi connectivity index (χ1v) is 8.42. The van der Waals surface area contributed by atoms with Crippen LogP contribution >= 0.6 is 0 Å². The molecule has 108 valence electrons. The Labute approximate surface area is 118 Å². The van der Waals surface area contributed by atoms with E-state index in [0.29, 0.717) is 5.88 Å². The van der Waals surface area contributed by atoms with Gasteiger partial charge in [-0.1, -0.05) is 20.8 Å². The van der Waals surface area contributed by atoms with Crippen molar-refractivity contribution in [3.8, 4) is 5.88 Å². The van der Waals surface area contributed by atoms with Crippen LogP contribution in [0.2, 0.25) is 0 Å². The number of hydrogen-bond donors (Lipinski definition) is 1. The summed E-state index contributed by atoms with van der Waals surface area (Å²) in [5.41, 5.74) is 1.64. The zero-order valence-corrected chi connectivity index (χ0v) is 12.6. The Bertz CT molecular complexity index is 744. The van der Waals surface area contributed by atoms with Crippen molar-refractivity contribution in [2.75, 3.05) is 11.5 Å². The second-order valence-corrected chi connectivity index (χ2v) is 8.48. The minimum absolute atomic E-state index is 0.0844. The molecule has 5 nitrogen and oxygen atoms in total. The maximum absolute atomic E-state index is 11.2. The number of sulfone groups is 1. The van der Waals surface area contributed by atoms with E-state index in [2.05, 4.69) is 36.8 Å². The molecule has 1 fully saturated rings. The van der Waals surface area contributed by atoms with E-state index in [-0.39, 0.29) is 23.0 Å². The summed E-state index contributed by atoms with van der Waals surface area (Å²) >= 11 is 0. The van der Waals surface area contributed by atoms with E-state index in [1.165, 1.54) is 0 Å². The van der Waals surface area contributed by atoms with Crippen LogP contribution in [-0.2, 0) is 15.3 Å². The normalized spacial score (nSPS) is 18.9. The average Bonchev–Trinajstić information content (AvgIpc) is 2.71. The lowest BCUT2D eigenvalue weighted by Crippen LogP contribution is -2.45. The largest absolute Gasteiger partial charge is 0.472 e. The monoisotopic (exact) mass is 294 g/mol. The minimum Gasteiger partial charge on any atom is -0.472 e. The topological polar surface area (TPSA) is 72.0 Å². The van der Waals surface area contributed by atoms with Crippen molar-refractivity contribution in [1.29, 1.82) is 0 Å². The van der Waals surface area contributed by atoms with Crippen LogP contribution in [0.3, 0.4) is 0 Å². The van der Waals surface area contributed by atoms with Crippen LogP contribution in [0.5, 0.6) is 5.88 Å². The van der Waals surface area contributed by atoms with Crippen LogP contribution in [0.15, 0.2) is 18.3 Å². The Morgan fingerprint density at radius 1 is 1.35 bits per heavy atom. The lowest BCUT2D eigenvalue weighted by atomic mass is 9.87. The summed E-state index contributed by atoms with van der Waals surface area (Å²) in [5, 5.41) is 1.03. The molecular formula is C14H18N2O3S. The SMILES string of the molecule is CC(C)(C)c1cc2cc[nH]c2nc1OC1CS(=O)(=O)C1. The highest BCUT2D eigenvalue weighted by molar-refractivity contribution is 7.92. The number of fused-ring (bicyclic) bond motifs is 1. The molecule has 1 N–H and O–H groups in total. The number of aromatic amines is 1. The van der Waals surface area contributed by atoms with Gasteiger partial charge in [0, 0.05) is 17.1 Å². The van der Waals surface area contributed by atoms with Crippen LogP contribution in [0, 0.1) is 0 Å². The second-order valence-electron chi connectivity index (χ2n) is 6.32. The Kier molecular flexibility index (Phi) is 2.83. The number of nitrogens with zero attached hydrogens (tertiary/aromatic N) is 1. The van der Waals surface area contributed by atoms with Gasteiger partial charge in [0.15, 0.2) is 9.84 Å². The van der Waals surface area contributed by atoms with Gasteiger partial charge in [0.2, 0.25) is 5.88 Å². The van der Waals surface area contributed by atoms with Crippen molar-refractivity contribution in [2.45, 2.75) is 32.3 Å². The van der Waals surface area contributed by atoms with Gasteiger partial charge in [0.05, 0.1) is 11.5 Å². The quantitative estimate of drug-likeness (QED) is 0.920. The van der Waals surface area contributed by atoms with Gasteiger partial charge in [0.25, 0.3) is 0 Å². The summed E-state index contributed by atoms with van der Waals surface area (Å²) in [5.74, 6) is 0.703. The summed E-state index contributed by atoms with van der Waals surface area (Å²) in [6.07, 6.45) is 1.56. The molecule has 1 aliphatic heterocycles. The van der Waals surface area contributed by atoms with E-state index in [9.17, 15) is 8.42 Å². The van der Waals surface area contributed by atoms with E-state index < -0.39 is 9.84 Å². The van der Waals surface area contributed by atoms with Crippen LogP contribution in [0.25, 0.3) is 11.0 Å². The first-order valence-electron chi connectivity index (χ1n) is 6.60. The van der Waals surface area contributed by atoms with Gasteiger partial charge in [-0.15, -0.1) is 0 Å². The lowest BCUT2D eigenvalue weighted by molar-refractivity contribution is 0.216. The van der Waals surface area contributed by atoms with Crippen LogP contribution in [0.4, 0.5) is 0 Å². The van der Waals surface area contributed by atoms with Gasteiger partial charge >= 0.3 is 0 Å². The molecule has 0 bridgehead atoms. The Morgan fingerprint density at radius 2 is 2.05 bits per heavy atom. The molecule has 3 heterocycles. The lowest BCUT2D eigenvalue weighted by Gasteiger charge is -2.29. The highest BCUT2D eigenvalue weighted by atomic mass is 32.2. The Hall–Kier alpha value is -1.56. The third-order valence-electron chi connectivity index (χ3n) is 3.47. The number of H-pyrrole nitrogens is 1. The van der Waals surface area contributed by atoms with Gasteiger partial charge < -0.3 is 9.72 Å².